The summed E-state index contributed by atoms with van der Waals surface area (Å²) in [5.74, 6) is 0. The number of aliphatic hydroxyl groups excluding tert-OH is 1. The van der Waals surface area contributed by atoms with Crippen LogP contribution in [0.2, 0.25) is 0 Å². The van der Waals surface area contributed by atoms with E-state index in [1.807, 2.05) is 42.5 Å². The average molecular weight is 267 g/mol. The third-order valence-electron chi connectivity index (χ3n) is 4.11. The molecule has 0 saturated carbocycles. The lowest BCUT2D eigenvalue weighted by atomic mass is 9.76. The van der Waals surface area contributed by atoms with Gasteiger partial charge in [0.1, 0.15) is 5.41 Å². The van der Waals surface area contributed by atoms with Gasteiger partial charge in [0.05, 0.1) is 18.8 Å². The minimum Gasteiger partial charge on any atom is -0.387 e. The van der Waals surface area contributed by atoms with E-state index >= 15 is 0 Å². The molecule has 0 aromatic heterocycles. The Bertz CT molecular complexity index is 653. The van der Waals surface area contributed by atoms with Crippen molar-refractivity contribution in [2.45, 2.75) is 18.9 Å². The van der Waals surface area contributed by atoms with Gasteiger partial charge in [-0.05, 0) is 35.2 Å². The predicted octanol–water partition coefficient (Wildman–Crippen LogP) is 3.19. The first-order valence-electron chi connectivity index (χ1n) is 6.91. The Morgan fingerprint density at radius 1 is 1.20 bits per heavy atom. The van der Waals surface area contributed by atoms with E-state index in [1.54, 1.807) is 0 Å². The molecule has 1 aliphatic rings. The van der Waals surface area contributed by atoms with Crippen LogP contribution in [0.15, 0.2) is 42.5 Å². The van der Waals surface area contributed by atoms with E-state index in [0.717, 1.165) is 22.8 Å². The van der Waals surface area contributed by atoms with Crippen molar-refractivity contribution in [3.05, 3.63) is 48.0 Å². The van der Waals surface area contributed by atoms with Crippen molar-refractivity contribution >= 4 is 10.8 Å². The number of nitrogens with zero attached hydrogens (tertiary/aromatic N) is 1. The van der Waals surface area contributed by atoms with Crippen LogP contribution in [0.25, 0.3) is 10.8 Å². The highest BCUT2D eigenvalue weighted by atomic mass is 16.5. The second kappa shape index (κ2) is 5.24. The van der Waals surface area contributed by atoms with Gasteiger partial charge in [-0.2, -0.15) is 5.26 Å². The van der Waals surface area contributed by atoms with Crippen LogP contribution in [0.3, 0.4) is 0 Å². The molecule has 0 amide bonds. The molecular formula is C17H17NO2. The van der Waals surface area contributed by atoms with Crippen LogP contribution in [0.4, 0.5) is 0 Å². The fourth-order valence-electron chi connectivity index (χ4n) is 2.88. The Morgan fingerprint density at radius 2 is 2.00 bits per heavy atom. The zero-order chi connectivity index (χ0) is 14.0. The van der Waals surface area contributed by atoms with Crippen molar-refractivity contribution in [2.75, 3.05) is 13.2 Å². The van der Waals surface area contributed by atoms with E-state index in [4.69, 9.17) is 4.74 Å². The molecule has 1 fully saturated rings. The lowest BCUT2D eigenvalue weighted by Gasteiger charge is -2.35. The molecule has 2 atom stereocenters. The van der Waals surface area contributed by atoms with Crippen LogP contribution in [0.5, 0.6) is 0 Å². The summed E-state index contributed by atoms with van der Waals surface area (Å²) in [5.41, 5.74) is -0.0310. The largest absolute Gasteiger partial charge is 0.387 e. The maximum absolute atomic E-state index is 10.7. The Morgan fingerprint density at radius 3 is 2.70 bits per heavy atom. The van der Waals surface area contributed by atoms with E-state index in [2.05, 4.69) is 6.07 Å². The molecule has 0 spiro atoms. The number of nitriles is 1. The van der Waals surface area contributed by atoms with Crippen LogP contribution in [-0.2, 0) is 4.74 Å². The van der Waals surface area contributed by atoms with Crippen molar-refractivity contribution in [3.63, 3.8) is 0 Å². The van der Waals surface area contributed by atoms with Crippen molar-refractivity contribution < 1.29 is 9.84 Å². The molecule has 1 heterocycles. The average Bonchev–Trinajstić information content (AvgIpc) is 2.54. The summed E-state index contributed by atoms with van der Waals surface area (Å²) >= 11 is 0. The molecule has 2 aromatic carbocycles. The molecule has 2 aromatic rings. The van der Waals surface area contributed by atoms with Crippen molar-refractivity contribution in [1.82, 2.24) is 0 Å². The Kier molecular flexibility index (Phi) is 3.43. The summed E-state index contributed by atoms with van der Waals surface area (Å²) in [6.07, 6.45) is 0.688. The summed E-state index contributed by atoms with van der Waals surface area (Å²) in [5, 5.41) is 22.4. The highest BCUT2D eigenvalue weighted by Crippen LogP contribution is 2.40. The van der Waals surface area contributed by atoms with Gasteiger partial charge in [0, 0.05) is 6.61 Å². The van der Waals surface area contributed by atoms with Gasteiger partial charge in [0.2, 0.25) is 0 Å². The lowest BCUT2D eigenvalue weighted by Crippen LogP contribution is -2.36. The third kappa shape index (κ3) is 2.18. The van der Waals surface area contributed by atoms with Gasteiger partial charge in [-0.15, -0.1) is 0 Å². The molecule has 0 aliphatic carbocycles. The Labute approximate surface area is 118 Å². The standard InChI is InChI=1S/C17H17NO2/c18-11-17(8-3-9-20-12-17)16(19)15-7-6-13-4-1-2-5-14(13)10-15/h1-2,4-7,10,16,19H,3,8-9,12H2. The van der Waals surface area contributed by atoms with E-state index in [0.29, 0.717) is 19.6 Å². The van der Waals surface area contributed by atoms with Crippen LogP contribution >= 0.6 is 0 Å². The van der Waals surface area contributed by atoms with E-state index in [9.17, 15) is 10.4 Å². The maximum Gasteiger partial charge on any atom is 0.111 e. The van der Waals surface area contributed by atoms with Crippen LogP contribution in [-0.4, -0.2) is 18.3 Å². The van der Waals surface area contributed by atoms with E-state index < -0.39 is 11.5 Å². The third-order valence-corrected chi connectivity index (χ3v) is 4.11. The minimum atomic E-state index is -0.819. The second-order valence-corrected chi connectivity index (χ2v) is 5.43. The SMILES string of the molecule is N#CC1(C(O)c2ccc3ccccc3c2)CCCOC1. The van der Waals surface area contributed by atoms with Crippen molar-refractivity contribution in [2.24, 2.45) is 5.41 Å². The Balaban J connectivity index is 1.99. The van der Waals surface area contributed by atoms with Gasteiger partial charge in [0.15, 0.2) is 0 Å². The molecule has 1 saturated heterocycles. The van der Waals surface area contributed by atoms with Crippen LogP contribution in [0.1, 0.15) is 24.5 Å². The molecule has 102 valence electrons. The summed E-state index contributed by atoms with van der Waals surface area (Å²) in [6, 6.07) is 16.2. The summed E-state index contributed by atoms with van der Waals surface area (Å²) in [7, 11) is 0. The molecule has 20 heavy (non-hydrogen) atoms. The van der Waals surface area contributed by atoms with Crippen LogP contribution in [0, 0.1) is 16.7 Å². The maximum atomic E-state index is 10.7. The zero-order valence-electron chi connectivity index (χ0n) is 11.2. The van der Waals surface area contributed by atoms with E-state index in [-0.39, 0.29) is 0 Å². The van der Waals surface area contributed by atoms with Gasteiger partial charge < -0.3 is 9.84 Å². The molecule has 3 rings (SSSR count). The Hall–Kier alpha value is -1.89. The first kappa shape index (κ1) is 13.1. The number of hydrogen-bond acceptors (Lipinski definition) is 3. The van der Waals surface area contributed by atoms with Gasteiger partial charge >= 0.3 is 0 Å². The number of ether oxygens (including phenoxy) is 1. The normalized spacial score (nSPS) is 24.2. The molecule has 2 unspecified atom stereocenters. The molecule has 0 bridgehead atoms. The molecular weight excluding hydrogens is 250 g/mol. The zero-order valence-corrected chi connectivity index (χ0v) is 11.2. The highest BCUT2D eigenvalue weighted by molar-refractivity contribution is 5.83. The first-order valence-corrected chi connectivity index (χ1v) is 6.91. The van der Waals surface area contributed by atoms with E-state index in [1.165, 1.54) is 0 Å². The lowest BCUT2D eigenvalue weighted by molar-refractivity contribution is -0.0505. The number of hydrogen-bond donors (Lipinski definition) is 1. The smallest absolute Gasteiger partial charge is 0.111 e. The minimum absolute atomic E-state index is 0.303. The predicted molar refractivity (Wildman–Crippen MR) is 77.0 cm³/mol. The quantitative estimate of drug-likeness (QED) is 0.909. The van der Waals surface area contributed by atoms with Crippen molar-refractivity contribution in [3.8, 4) is 6.07 Å². The molecule has 3 heteroatoms. The molecule has 1 aliphatic heterocycles. The highest BCUT2D eigenvalue weighted by Gasteiger charge is 2.41. The number of benzene rings is 2. The first-order chi connectivity index (χ1) is 9.75. The topological polar surface area (TPSA) is 53.2 Å². The monoisotopic (exact) mass is 267 g/mol. The van der Waals surface area contributed by atoms with Crippen molar-refractivity contribution in [1.29, 1.82) is 5.26 Å². The summed E-state index contributed by atoms with van der Waals surface area (Å²) in [6.45, 7) is 0.978. The molecule has 3 nitrogen and oxygen atoms in total. The number of aliphatic hydroxyl groups is 1. The van der Waals surface area contributed by atoms with Gasteiger partial charge in [-0.1, -0.05) is 36.4 Å². The fourth-order valence-corrected chi connectivity index (χ4v) is 2.88. The van der Waals surface area contributed by atoms with Gasteiger partial charge in [0.25, 0.3) is 0 Å². The van der Waals surface area contributed by atoms with Gasteiger partial charge in [-0.3, -0.25) is 0 Å². The molecule has 1 N–H and O–H groups in total. The second-order valence-electron chi connectivity index (χ2n) is 5.43. The molecule has 0 radical (unpaired) electrons. The fraction of sp³-hybridized carbons (Fsp3) is 0.353. The van der Waals surface area contributed by atoms with Gasteiger partial charge in [-0.25, -0.2) is 0 Å². The van der Waals surface area contributed by atoms with Crippen LogP contribution < -0.4 is 0 Å². The number of rotatable bonds is 2. The summed E-state index contributed by atoms with van der Waals surface area (Å²) in [4.78, 5) is 0. The summed E-state index contributed by atoms with van der Waals surface area (Å²) < 4.78 is 5.42. The number of fused-ring (bicyclic) bond motifs is 1.